The van der Waals surface area contributed by atoms with Crippen LogP contribution in [-0.4, -0.2) is 17.1 Å². The fraction of sp³-hybridized carbons (Fsp3) is 0.958. The summed E-state index contributed by atoms with van der Waals surface area (Å²) in [4.78, 5) is 11.1. The van der Waals surface area contributed by atoms with E-state index in [-0.39, 0.29) is 0 Å². The van der Waals surface area contributed by atoms with Gasteiger partial charge >= 0.3 is 5.97 Å². The molecule has 0 bridgehead atoms. The third-order valence-electron chi connectivity index (χ3n) is 10.3. The van der Waals surface area contributed by atoms with Crippen molar-refractivity contribution in [2.45, 2.75) is 97.4 Å². The number of nitrogens with two attached hydrogens (primary N) is 1. The zero-order valence-electron chi connectivity index (χ0n) is 17.8. The Morgan fingerprint density at radius 2 is 1.74 bits per heavy atom. The highest BCUT2D eigenvalue weighted by molar-refractivity contribution is 5.66. The normalized spacial score (nSPS) is 50.4. The Labute approximate surface area is 165 Å². The molecule has 4 fully saturated rings. The molecule has 3 nitrogen and oxygen atoms in total. The van der Waals surface area contributed by atoms with Gasteiger partial charge in [0.25, 0.3) is 0 Å². The SMILES string of the molecule is C[C@H](CCC(=O)O)[C@H]1CC[C@H]2[C@@H]3CC[C@H]4C[C@H](N)CC[C@]4(C)[C@H]3CC[C@]12C. The topological polar surface area (TPSA) is 63.3 Å². The number of hydrogen-bond donors (Lipinski definition) is 2. The molecule has 154 valence electrons. The van der Waals surface area contributed by atoms with Crippen LogP contribution in [0.4, 0.5) is 0 Å². The van der Waals surface area contributed by atoms with Gasteiger partial charge in [0.1, 0.15) is 0 Å². The van der Waals surface area contributed by atoms with Crippen LogP contribution in [0.1, 0.15) is 91.4 Å². The van der Waals surface area contributed by atoms with Crippen molar-refractivity contribution in [3.05, 3.63) is 0 Å². The van der Waals surface area contributed by atoms with Gasteiger partial charge in [0.05, 0.1) is 0 Å². The van der Waals surface area contributed by atoms with Crippen LogP contribution in [-0.2, 0) is 4.79 Å². The fourth-order valence-electron chi connectivity index (χ4n) is 8.82. The van der Waals surface area contributed by atoms with Crippen LogP contribution in [0.5, 0.6) is 0 Å². The number of fused-ring (bicyclic) bond motifs is 5. The van der Waals surface area contributed by atoms with E-state index in [1.165, 1.54) is 57.8 Å². The van der Waals surface area contributed by atoms with Gasteiger partial charge in [0.2, 0.25) is 0 Å². The van der Waals surface area contributed by atoms with Crippen molar-refractivity contribution < 1.29 is 9.90 Å². The number of aliphatic carboxylic acids is 1. The number of hydrogen-bond acceptors (Lipinski definition) is 2. The first-order chi connectivity index (χ1) is 12.8. The van der Waals surface area contributed by atoms with E-state index in [0.717, 1.165) is 36.0 Å². The van der Waals surface area contributed by atoms with Gasteiger partial charge in [-0.15, -0.1) is 0 Å². The molecular weight excluding hydrogens is 334 g/mol. The Hall–Kier alpha value is -0.570. The second kappa shape index (κ2) is 7.04. The summed E-state index contributed by atoms with van der Waals surface area (Å²) >= 11 is 0. The molecule has 0 aromatic carbocycles. The molecule has 0 aromatic heterocycles. The van der Waals surface area contributed by atoms with E-state index in [2.05, 4.69) is 20.8 Å². The lowest BCUT2D eigenvalue weighted by Gasteiger charge is -2.61. The molecule has 4 aliphatic rings. The molecule has 0 radical (unpaired) electrons. The molecule has 0 heterocycles. The Balaban J connectivity index is 1.51. The predicted molar refractivity (Wildman–Crippen MR) is 109 cm³/mol. The number of rotatable bonds is 4. The van der Waals surface area contributed by atoms with Gasteiger partial charge in [-0.05, 0) is 111 Å². The first-order valence-corrected chi connectivity index (χ1v) is 11.7. The molecule has 4 saturated carbocycles. The largest absolute Gasteiger partial charge is 0.481 e. The summed E-state index contributed by atoms with van der Waals surface area (Å²) in [5.41, 5.74) is 7.32. The summed E-state index contributed by atoms with van der Waals surface area (Å²) < 4.78 is 0. The molecule has 0 amide bonds. The average Bonchev–Trinajstić information content (AvgIpc) is 2.97. The van der Waals surface area contributed by atoms with E-state index >= 15 is 0 Å². The zero-order valence-corrected chi connectivity index (χ0v) is 17.8. The van der Waals surface area contributed by atoms with Crippen LogP contribution >= 0.6 is 0 Å². The molecule has 9 atom stereocenters. The lowest BCUT2D eigenvalue weighted by atomic mass is 9.44. The van der Waals surface area contributed by atoms with E-state index in [1.807, 2.05) is 0 Å². The minimum atomic E-state index is -0.632. The molecule has 3 N–H and O–H groups in total. The Kier molecular flexibility index (Phi) is 5.15. The molecule has 0 aliphatic heterocycles. The Morgan fingerprint density at radius 1 is 1.04 bits per heavy atom. The van der Waals surface area contributed by atoms with E-state index < -0.39 is 5.97 Å². The molecule has 0 saturated heterocycles. The lowest BCUT2D eigenvalue weighted by molar-refractivity contribution is -0.137. The van der Waals surface area contributed by atoms with Crippen LogP contribution < -0.4 is 5.73 Å². The highest BCUT2D eigenvalue weighted by Crippen LogP contribution is 2.68. The van der Waals surface area contributed by atoms with Crippen molar-refractivity contribution in [2.24, 2.45) is 52.1 Å². The summed E-state index contributed by atoms with van der Waals surface area (Å²) in [6.45, 7) is 7.52. The van der Waals surface area contributed by atoms with Crippen LogP contribution in [0.25, 0.3) is 0 Å². The van der Waals surface area contributed by atoms with Crippen LogP contribution in [0.3, 0.4) is 0 Å². The maximum absolute atomic E-state index is 11.1. The quantitative estimate of drug-likeness (QED) is 0.684. The smallest absolute Gasteiger partial charge is 0.303 e. The second-order valence-electron chi connectivity index (χ2n) is 11.3. The van der Waals surface area contributed by atoms with Gasteiger partial charge < -0.3 is 10.8 Å². The number of carboxylic acid groups (broad SMARTS) is 1. The minimum Gasteiger partial charge on any atom is -0.481 e. The lowest BCUT2D eigenvalue weighted by Crippen LogP contribution is -2.54. The number of carboxylic acids is 1. The van der Waals surface area contributed by atoms with Gasteiger partial charge in [-0.2, -0.15) is 0 Å². The van der Waals surface area contributed by atoms with Crippen LogP contribution in [0.15, 0.2) is 0 Å². The first-order valence-electron chi connectivity index (χ1n) is 11.7. The van der Waals surface area contributed by atoms with Crippen molar-refractivity contribution in [2.75, 3.05) is 0 Å². The molecule has 4 aliphatic carbocycles. The highest BCUT2D eigenvalue weighted by Gasteiger charge is 2.60. The van der Waals surface area contributed by atoms with Crippen LogP contribution in [0, 0.1) is 46.3 Å². The maximum atomic E-state index is 11.1. The summed E-state index contributed by atoms with van der Waals surface area (Å²) in [7, 11) is 0. The fourth-order valence-corrected chi connectivity index (χ4v) is 8.82. The molecule has 0 aromatic rings. The van der Waals surface area contributed by atoms with E-state index in [0.29, 0.717) is 29.2 Å². The molecular formula is C24H41NO2. The van der Waals surface area contributed by atoms with E-state index in [9.17, 15) is 4.79 Å². The second-order valence-corrected chi connectivity index (χ2v) is 11.3. The van der Waals surface area contributed by atoms with Gasteiger partial charge in [0.15, 0.2) is 0 Å². The summed E-state index contributed by atoms with van der Waals surface area (Å²) in [5, 5.41) is 9.10. The van der Waals surface area contributed by atoms with Crippen molar-refractivity contribution >= 4 is 5.97 Å². The monoisotopic (exact) mass is 375 g/mol. The van der Waals surface area contributed by atoms with Crippen LogP contribution in [0.2, 0.25) is 0 Å². The summed E-state index contributed by atoms with van der Waals surface area (Å²) in [6.07, 6.45) is 13.3. The Morgan fingerprint density at radius 3 is 2.48 bits per heavy atom. The van der Waals surface area contributed by atoms with Gasteiger partial charge in [-0.25, -0.2) is 0 Å². The third-order valence-corrected chi connectivity index (χ3v) is 10.3. The van der Waals surface area contributed by atoms with Crippen molar-refractivity contribution in [3.63, 3.8) is 0 Å². The maximum Gasteiger partial charge on any atom is 0.303 e. The van der Waals surface area contributed by atoms with Crippen molar-refractivity contribution in [1.82, 2.24) is 0 Å². The van der Waals surface area contributed by atoms with E-state index in [4.69, 9.17) is 10.8 Å². The van der Waals surface area contributed by atoms with Crippen molar-refractivity contribution in [3.8, 4) is 0 Å². The van der Waals surface area contributed by atoms with Crippen molar-refractivity contribution in [1.29, 1.82) is 0 Å². The molecule has 3 heteroatoms. The zero-order chi connectivity index (χ0) is 19.4. The summed E-state index contributed by atoms with van der Waals surface area (Å²) in [6, 6.07) is 0.444. The predicted octanol–water partition coefficient (Wildman–Crippen LogP) is 5.47. The van der Waals surface area contributed by atoms with Gasteiger partial charge in [-0.3, -0.25) is 4.79 Å². The Bertz CT molecular complexity index is 577. The summed E-state index contributed by atoms with van der Waals surface area (Å²) in [5.74, 6) is 4.21. The van der Waals surface area contributed by atoms with Gasteiger partial charge in [0, 0.05) is 12.5 Å². The molecule has 0 spiro atoms. The average molecular weight is 376 g/mol. The van der Waals surface area contributed by atoms with Gasteiger partial charge in [-0.1, -0.05) is 20.8 Å². The highest BCUT2D eigenvalue weighted by atomic mass is 16.4. The molecule has 0 unspecified atom stereocenters. The molecule has 27 heavy (non-hydrogen) atoms. The molecule has 4 rings (SSSR count). The van der Waals surface area contributed by atoms with E-state index in [1.54, 1.807) is 0 Å². The standard InChI is InChI=1S/C24H41NO2/c1-15(4-9-22(26)27)19-7-8-20-18-6-5-16-14-17(25)10-12-23(16,2)21(18)11-13-24(19,20)3/h15-21H,4-14,25H2,1-3H3,(H,26,27)/t15-,16+,17-,18+,19-,20+,21+,23+,24-/m1/s1. The number of carbonyl (C=O) groups is 1. The third kappa shape index (κ3) is 3.16. The minimum absolute atomic E-state index is 0.338. The first kappa shape index (κ1) is 19.7.